The number of amidine groups is 1. The fourth-order valence-corrected chi connectivity index (χ4v) is 1.81. The van der Waals surface area contributed by atoms with Gasteiger partial charge in [0.05, 0.1) is 6.10 Å². The van der Waals surface area contributed by atoms with Gasteiger partial charge in [-0.3, -0.25) is 0 Å². The first-order valence-corrected chi connectivity index (χ1v) is 5.74. The summed E-state index contributed by atoms with van der Waals surface area (Å²) >= 11 is 5.91. The third-order valence-electron chi connectivity index (χ3n) is 2.46. The Morgan fingerprint density at radius 2 is 2.29 bits per heavy atom. The van der Waals surface area contributed by atoms with Gasteiger partial charge in [-0.05, 0) is 24.1 Å². The van der Waals surface area contributed by atoms with Gasteiger partial charge in [-0.15, -0.1) is 0 Å². The average molecular weight is 257 g/mol. The van der Waals surface area contributed by atoms with Gasteiger partial charge in [0.15, 0.2) is 5.84 Å². The Morgan fingerprint density at radius 3 is 2.82 bits per heavy atom. The molecule has 5 nitrogen and oxygen atoms in total. The summed E-state index contributed by atoms with van der Waals surface area (Å²) in [5.41, 5.74) is 3.71. The average Bonchev–Trinajstić information content (AvgIpc) is 2.31. The fraction of sp³-hybridized carbons (Fsp3) is 0.364. The molecule has 0 saturated carbocycles. The van der Waals surface area contributed by atoms with Gasteiger partial charge in [-0.25, -0.2) is 5.84 Å². The molecule has 0 aliphatic carbocycles. The molecule has 0 amide bonds. The van der Waals surface area contributed by atoms with Gasteiger partial charge in [0.25, 0.3) is 0 Å². The van der Waals surface area contributed by atoms with Crippen LogP contribution in [0.5, 0.6) is 0 Å². The van der Waals surface area contributed by atoms with E-state index in [1.807, 2.05) is 6.92 Å². The highest BCUT2D eigenvalue weighted by Crippen LogP contribution is 2.25. The van der Waals surface area contributed by atoms with Crippen molar-refractivity contribution in [2.75, 3.05) is 0 Å². The van der Waals surface area contributed by atoms with E-state index in [2.05, 4.69) is 10.5 Å². The second kappa shape index (κ2) is 6.44. The SMILES string of the molecule is CCCC(O)c1ccc(Cl)cc1/C(=N/N)NN. The van der Waals surface area contributed by atoms with Gasteiger partial charge in [0, 0.05) is 10.6 Å². The maximum atomic E-state index is 10.0. The summed E-state index contributed by atoms with van der Waals surface area (Å²) in [5, 5.41) is 14.1. The molecule has 1 atom stereocenters. The number of nitrogens with one attached hydrogen (secondary N) is 1. The normalized spacial score (nSPS) is 13.5. The lowest BCUT2D eigenvalue weighted by molar-refractivity contribution is 0.166. The lowest BCUT2D eigenvalue weighted by Crippen LogP contribution is -2.33. The molecule has 0 heterocycles. The predicted molar refractivity (Wildman–Crippen MR) is 69.4 cm³/mol. The zero-order chi connectivity index (χ0) is 12.8. The van der Waals surface area contributed by atoms with Crippen molar-refractivity contribution < 1.29 is 5.11 Å². The van der Waals surface area contributed by atoms with E-state index in [0.717, 1.165) is 6.42 Å². The monoisotopic (exact) mass is 256 g/mol. The third-order valence-corrected chi connectivity index (χ3v) is 2.69. The van der Waals surface area contributed by atoms with Crippen molar-refractivity contribution in [3.05, 3.63) is 34.3 Å². The summed E-state index contributed by atoms with van der Waals surface area (Å²) in [6.07, 6.45) is 0.934. The van der Waals surface area contributed by atoms with E-state index < -0.39 is 6.10 Å². The first kappa shape index (κ1) is 13.8. The van der Waals surface area contributed by atoms with Crippen LogP contribution in [0.4, 0.5) is 0 Å². The molecule has 0 aromatic heterocycles. The van der Waals surface area contributed by atoms with Gasteiger partial charge < -0.3 is 16.4 Å². The van der Waals surface area contributed by atoms with Crippen LogP contribution in [0.1, 0.15) is 37.0 Å². The minimum Gasteiger partial charge on any atom is -0.388 e. The summed E-state index contributed by atoms with van der Waals surface area (Å²) < 4.78 is 0. The Hall–Kier alpha value is -1.30. The van der Waals surface area contributed by atoms with E-state index in [9.17, 15) is 5.11 Å². The van der Waals surface area contributed by atoms with E-state index in [1.165, 1.54) is 0 Å². The molecular weight excluding hydrogens is 240 g/mol. The molecule has 1 unspecified atom stereocenters. The number of hydrogen-bond donors (Lipinski definition) is 4. The Labute approximate surface area is 105 Å². The highest BCUT2D eigenvalue weighted by molar-refractivity contribution is 6.31. The van der Waals surface area contributed by atoms with Crippen LogP contribution in [0.3, 0.4) is 0 Å². The van der Waals surface area contributed by atoms with Gasteiger partial charge in [0.1, 0.15) is 0 Å². The molecule has 1 aromatic carbocycles. The van der Waals surface area contributed by atoms with E-state index in [4.69, 9.17) is 23.3 Å². The Morgan fingerprint density at radius 1 is 1.59 bits per heavy atom. The van der Waals surface area contributed by atoms with Gasteiger partial charge >= 0.3 is 0 Å². The summed E-state index contributed by atoms with van der Waals surface area (Å²) in [4.78, 5) is 0. The van der Waals surface area contributed by atoms with E-state index >= 15 is 0 Å². The van der Waals surface area contributed by atoms with E-state index in [0.29, 0.717) is 22.6 Å². The van der Waals surface area contributed by atoms with Crippen LogP contribution in [0.15, 0.2) is 23.3 Å². The number of halogens is 1. The highest BCUT2D eigenvalue weighted by Gasteiger charge is 2.15. The standard InChI is InChI=1S/C11H17ClN4O/c1-2-3-10(17)8-5-4-7(12)6-9(8)11(15-13)16-14/h4-6,10,17H,2-3,13-14H2,1H3,(H,15,16). The first-order valence-electron chi connectivity index (χ1n) is 5.36. The minimum absolute atomic E-state index is 0.289. The van der Waals surface area contributed by atoms with Gasteiger partial charge in [-0.2, -0.15) is 5.10 Å². The molecular formula is C11H17ClN4O. The molecule has 6 heteroatoms. The number of hydrazone groups is 1. The zero-order valence-corrected chi connectivity index (χ0v) is 10.4. The smallest absolute Gasteiger partial charge is 0.167 e. The maximum absolute atomic E-state index is 10.0. The molecule has 94 valence electrons. The van der Waals surface area contributed by atoms with Crippen molar-refractivity contribution in [1.29, 1.82) is 0 Å². The molecule has 17 heavy (non-hydrogen) atoms. The number of aliphatic hydroxyl groups excluding tert-OH is 1. The number of rotatable bonds is 4. The number of benzene rings is 1. The second-order valence-corrected chi connectivity index (χ2v) is 4.09. The first-order chi connectivity index (χ1) is 8.13. The van der Waals surface area contributed by atoms with E-state index in [1.54, 1.807) is 18.2 Å². The van der Waals surface area contributed by atoms with Crippen molar-refractivity contribution in [1.82, 2.24) is 5.43 Å². The van der Waals surface area contributed by atoms with Gasteiger partial charge in [-0.1, -0.05) is 31.0 Å². The number of hydrazine groups is 1. The highest BCUT2D eigenvalue weighted by atomic mass is 35.5. The topological polar surface area (TPSA) is 96.7 Å². The van der Waals surface area contributed by atoms with Crippen molar-refractivity contribution in [3.8, 4) is 0 Å². The molecule has 0 fully saturated rings. The predicted octanol–water partition coefficient (Wildman–Crippen LogP) is 1.26. The largest absolute Gasteiger partial charge is 0.388 e. The lowest BCUT2D eigenvalue weighted by Gasteiger charge is -2.16. The quantitative estimate of drug-likeness (QED) is 0.282. The zero-order valence-electron chi connectivity index (χ0n) is 9.65. The molecule has 6 N–H and O–H groups in total. The second-order valence-electron chi connectivity index (χ2n) is 3.66. The molecule has 1 rings (SSSR count). The third kappa shape index (κ3) is 3.33. The molecule has 0 aliphatic rings. The Bertz CT molecular complexity index is 408. The van der Waals surface area contributed by atoms with Crippen LogP contribution in [-0.4, -0.2) is 10.9 Å². The van der Waals surface area contributed by atoms with Crippen LogP contribution in [-0.2, 0) is 0 Å². The van der Waals surface area contributed by atoms with E-state index in [-0.39, 0.29) is 5.84 Å². The molecule has 1 aromatic rings. The Kier molecular flexibility index (Phi) is 5.21. The van der Waals surface area contributed by atoms with Crippen molar-refractivity contribution >= 4 is 17.4 Å². The van der Waals surface area contributed by atoms with Crippen molar-refractivity contribution in [3.63, 3.8) is 0 Å². The number of hydrogen-bond acceptors (Lipinski definition) is 4. The van der Waals surface area contributed by atoms with Crippen LogP contribution >= 0.6 is 11.6 Å². The van der Waals surface area contributed by atoms with Crippen LogP contribution in [0.25, 0.3) is 0 Å². The van der Waals surface area contributed by atoms with Crippen LogP contribution < -0.4 is 17.1 Å². The molecule has 0 radical (unpaired) electrons. The summed E-state index contributed by atoms with van der Waals surface area (Å²) in [5.74, 6) is 10.8. The summed E-state index contributed by atoms with van der Waals surface area (Å²) in [6, 6.07) is 5.13. The Balaban J connectivity index is 3.20. The number of aliphatic hydroxyl groups is 1. The van der Waals surface area contributed by atoms with Gasteiger partial charge in [0.2, 0.25) is 0 Å². The lowest BCUT2D eigenvalue weighted by atomic mass is 9.98. The summed E-state index contributed by atoms with van der Waals surface area (Å²) in [6.45, 7) is 2.00. The number of nitrogens with zero attached hydrogens (tertiary/aromatic N) is 1. The molecule has 0 saturated heterocycles. The molecule has 0 aliphatic heterocycles. The van der Waals surface area contributed by atoms with Crippen LogP contribution in [0.2, 0.25) is 5.02 Å². The number of nitrogens with two attached hydrogens (primary N) is 2. The molecule has 0 spiro atoms. The molecule has 0 bridgehead atoms. The van der Waals surface area contributed by atoms with Crippen molar-refractivity contribution in [2.24, 2.45) is 16.8 Å². The fourth-order valence-electron chi connectivity index (χ4n) is 1.64. The van der Waals surface area contributed by atoms with Crippen LogP contribution in [0, 0.1) is 0 Å². The summed E-state index contributed by atoms with van der Waals surface area (Å²) in [7, 11) is 0. The maximum Gasteiger partial charge on any atom is 0.167 e. The van der Waals surface area contributed by atoms with Crippen molar-refractivity contribution in [2.45, 2.75) is 25.9 Å². The minimum atomic E-state index is -0.586.